The lowest BCUT2D eigenvalue weighted by molar-refractivity contribution is -0.133. The number of amides is 1. The van der Waals surface area contributed by atoms with Crippen molar-refractivity contribution in [2.24, 2.45) is 0 Å². The molecule has 2 aliphatic carbocycles. The molecule has 6 nitrogen and oxygen atoms in total. The Balaban J connectivity index is 1.50. The lowest BCUT2D eigenvalue weighted by Gasteiger charge is -2.30. The molecule has 3 aliphatic rings. The summed E-state index contributed by atoms with van der Waals surface area (Å²) in [5.74, 6) is 1.67. The Labute approximate surface area is 169 Å². The molecule has 1 amide bonds. The number of rotatable bonds is 4. The average Bonchev–Trinajstić information content (AvgIpc) is 3.47. The van der Waals surface area contributed by atoms with Crippen LogP contribution in [-0.2, 0) is 24.1 Å². The number of likely N-dealkylation sites (tertiary alicyclic amines) is 1. The molecule has 2 fully saturated rings. The van der Waals surface area contributed by atoms with Crippen LogP contribution in [0.1, 0.15) is 54.8 Å². The molecule has 150 valence electrons. The molecule has 0 bridgehead atoms. The molecule has 1 unspecified atom stereocenters. The summed E-state index contributed by atoms with van der Waals surface area (Å²) in [6.07, 6.45) is 8.65. The lowest BCUT2D eigenvalue weighted by atomic mass is 9.97. The molecule has 0 aromatic carbocycles. The third-order valence-corrected chi connectivity index (χ3v) is 7.51. The summed E-state index contributed by atoms with van der Waals surface area (Å²) in [5, 5.41) is 11.1. The van der Waals surface area contributed by atoms with E-state index in [1.165, 1.54) is 41.5 Å². The van der Waals surface area contributed by atoms with Crippen LogP contribution in [0.3, 0.4) is 0 Å². The number of hydrogen-bond donors (Lipinski definition) is 1. The highest BCUT2D eigenvalue weighted by molar-refractivity contribution is 7.19. The van der Waals surface area contributed by atoms with Crippen molar-refractivity contribution in [2.75, 3.05) is 25.0 Å². The zero-order valence-electron chi connectivity index (χ0n) is 16.5. The number of hydrogen-bond acceptors (Lipinski definition) is 6. The highest BCUT2D eigenvalue weighted by Crippen LogP contribution is 2.41. The second-order valence-electron chi connectivity index (χ2n) is 8.51. The van der Waals surface area contributed by atoms with Crippen molar-refractivity contribution in [3.8, 4) is 0 Å². The van der Waals surface area contributed by atoms with Crippen LogP contribution in [0.2, 0.25) is 0 Å². The smallest absolute Gasteiger partial charge is 0.230 e. The van der Waals surface area contributed by atoms with Gasteiger partial charge in [0.2, 0.25) is 5.91 Å². The van der Waals surface area contributed by atoms with Gasteiger partial charge in [-0.05, 0) is 56.9 Å². The maximum absolute atomic E-state index is 12.8. The summed E-state index contributed by atoms with van der Waals surface area (Å²) in [6, 6.07) is 0.568. The monoisotopic (exact) mass is 400 g/mol. The Kier molecular flexibility index (Phi) is 4.75. The minimum atomic E-state index is -0.401. The summed E-state index contributed by atoms with van der Waals surface area (Å²) >= 11 is 1.80. The van der Waals surface area contributed by atoms with E-state index in [-0.39, 0.29) is 12.3 Å². The number of carbonyl (C=O) groups excluding carboxylic acids is 1. The molecular formula is C21H28N4O2S. The van der Waals surface area contributed by atoms with Gasteiger partial charge in [-0.15, -0.1) is 11.3 Å². The molecule has 0 radical (unpaired) electrons. The van der Waals surface area contributed by atoms with Gasteiger partial charge in [-0.25, -0.2) is 9.97 Å². The van der Waals surface area contributed by atoms with Gasteiger partial charge in [-0.3, -0.25) is 4.79 Å². The van der Waals surface area contributed by atoms with Crippen LogP contribution in [-0.4, -0.2) is 58.2 Å². The van der Waals surface area contributed by atoms with Crippen LogP contribution in [0.15, 0.2) is 0 Å². The Morgan fingerprint density at radius 2 is 2.04 bits per heavy atom. The number of β-amino-alcohol motifs (C(OH)–C–C–N with tert-alkyl or cyclic N) is 1. The fourth-order valence-electron chi connectivity index (χ4n) is 4.58. The lowest BCUT2D eigenvalue weighted by Crippen LogP contribution is -2.43. The fraction of sp³-hybridized carbons (Fsp3) is 0.667. The second kappa shape index (κ2) is 7.26. The van der Waals surface area contributed by atoms with Gasteiger partial charge in [-0.2, -0.15) is 0 Å². The molecule has 1 aliphatic heterocycles. The van der Waals surface area contributed by atoms with E-state index in [1.807, 2.05) is 0 Å². The van der Waals surface area contributed by atoms with Crippen molar-refractivity contribution in [3.05, 3.63) is 16.3 Å². The van der Waals surface area contributed by atoms with Gasteiger partial charge in [0.25, 0.3) is 0 Å². The number of fused-ring (bicyclic) bond motifs is 3. The minimum absolute atomic E-state index is 0.0273. The Bertz CT molecular complexity index is 907. The van der Waals surface area contributed by atoms with Crippen molar-refractivity contribution in [1.29, 1.82) is 0 Å². The van der Waals surface area contributed by atoms with Crippen molar-refractivity contribution in [1.82, 2.24) is 14.9 Å². The number of aliphatic hydroxyl groups is 1. The molecule has 2 aromatic heterocycles. The predicted molar refractivity (Wildman–Crippen MR) is 111 cm³/mol. The number of anilines is 1. The minimum Gasteiger partial charge on any atom is -0.391 e. The van der Waals surface area contributed by atoms with Crippen LogP contribution in [0.5, 0.6) is 0 Å². The molecular weight excluding hydrogens is 372 g/mol. The molecule has 1 N–H and O–H groups in total. The number of aliphatic hydroxyl groups excluding tert-OH is 1. The highest BCUT2D eigenvalue weighted by atomic mass is 32.1. The first kappa shape index (κ1) is 18.3. The molecule has 1 atom stereocenters. The van der Waals surface area contributed by atoms with Crippen LogP contribution < -0.4 is 4.90 Å². The molecule has 1 saturated carbocycles. The van der Waals surface area contributed by atoms with Gasteiger partial charge >= 0.3 is 0 Å². The third kappa shape index (κ3) is 3.39. The summed E-state index contributed by atoms with van der Waals surface area (Å²) in [6.45, 7) is 1.16. The Morgan fingerprint density at radius 3 is 2.82 bits per heavy atom. The van der Waals surface area contributed by atoms with Gasteiger partial charge in [0.05, 0.1) is 17.9 Å². The summed E-state index contributed by atoms with van der Waals surface area (Å²) < 4.78 is 0. The van der Waals surface area contributed by atoms with Gasteiger partial charge in [-0.1, -0.05) is 0 Å². The van der Waals surface area contributed by atoms with Crippen molar-refractivity contribution >= 4 is 33.3 Å². The van der Waals surface area contributed by atoms with Crippen LogP contribution in [0.25, 0.3) is 10.2 Å². The molecule has 1 saturated heterocycles. The fourth-order valence-corrected chi connectivity index (χ4v) is 5.85. The third-order valence-electron chi connectivity index (χ3n) is 6.33. The van der Waals surface area contributed by atoms with Gasteiger partial charge in [0.1, 0.15) is 16.5 Å². The van der Waals surface area contributed by atoms with Gasteiger partial charge in [0, 0.05) is 31.1 Å². The highest BCUT2D eigenvalue weighted by Gasteiger charge is 2.31. The first-order valence-electron chi connectivity index (χ1n) is 10.6. The van der Waals surface area contributed by atoms with E-state index < -0.39 is 6.10 Å². The quantitative estimate of drug-likeness (QED) is 0.855. The van der Waals surface area contributed by atoms with Crippen LogP contribution in [0, 0.1) is 0 Å². The SMILES string of the molecule is CN(c1nc(CC(=O)N2CCCC(O)C2)nc2sc3c(c12)CCCC3)C1CC1. The second-order valence-corrected chi connectivity index (χ2v) is 9.59. The van der Waals surface area contributed by atoms with E-state index in [2.05, 4.69) is 11.9 Å². The largest absolute Gasteiger partial charge is 0.391 e. The van der Waals surface area contributed by atoms with Crippen molar-refractivity contribution in [2.45, 2.75) is 69.9 Å². The summed E-state index contributed by atoms with van der Waals surface area (Å²) in [4.78, 5) is 29.1. The topological polar surface area (TPSA) is 69.6 Å². The molecule has 0 spiro atoms. The standard InChI is InChI=1S/C21H28N4O2S/c1-24(13-8-9-13)20-19-15-6-2-3-7-16(15)28-21(19)23-17(22-20)11-18(27)25-10-4-5-14(26)12-25/h13-14,26H,2-12H2,1H3. The van der Waals surface area contributed by atoms with E-state index >= 15 is 0 Å². The average molecular weight is 401 g/mol. The van der Waals surface area contributed by atoms with Crippen LogP contribution >= 0.6 is 11.3 Å². The summed E-state index contributed by atoms with van der Waals surface area (Å²) in [5.41, 5.74) is 1.45. The first-order valence-corrected chi connectivity index (χ1v) is 11.4. The number of carbonyl (C=O) groups is 1. The van der Waals surface area contributed by atoms with Crippen molar-refractivity contribution in [3.63, 3.8) is 0 Å². The number of thiophene rings is 1. The van der Waals surface area contributed by atoms with E-state index in [9.17, 15) is 9.90 Å². The maximum atomic E-state index is 12.8. The van der Waals surface area contributed by atoms with E-state index in [0.29, 0.717) is 18.4 Å². The molecule has 5 rings (SSSR count). The van der Waals surface area contributed by atoms with E-state index in [0.717, 1.165) is 42.9 Å². The van der Waals surface area contributed by atoms with Crippen LogP contribution in [0.4, 0.5) is 5.82 Å². The van der Waals surface area contributed by atoms with Gasteiger partial charge in [0.15, 0.2) is 0 Å². The molecule has 7 heteroatoms. The van der Waals surface area contributed by atoms with Crippen molar-refractivity contribution < 1.29 is 9.90 Å². The Hall–Kier alpha value is -1.73. The Morgan fingerprint density at radius 1 is 1.21 bits per heavy atom. The zero-order chi connectivity index (χ0) is 19.3. The van der Waals surface area contributed by atoms with E-state index in [1.54, 1.807) is 16.2 Å². The van der Waals surface area contributed by atoms with E-state index in [4.69, 9.17) is 9.97 Å². The van der Waals surface area contributed by atoms with Gasteiger partial charge < -0.3 is 14.9 Å². The number of piperidine rings is 1. The molecule has 28 heavy (non-hydrogen) atoms. The molecule has 2 aromatic rings. The predicted octanol–water partition coefficient (Wildman–Crippen LogP) is 2.69. The summed E-state index contributed by atoms with van der Waals surface area (Å²) in [7, 11) is 2.14. The number of aromatic nitrogens is 2. The molecule has 3 heterocycles. The maximum Gasteiger partial charge on any atom is 0.230 e. The number of aryl methyl sites for hydroxylation is 2. The zero-order valence-corrected chi connectivity index (χ0v) is 17.3. The first-order chi connectivity index (χ1) is 13.6. The number of nitrogens with zero attached hydrogens (tertiary/aromatic N) is 4. The normalized spacial score (nSPS) is 22.4.